The average Bonchev–Trinajstić information content (AvgIpc) is 3.05. The van der Waals surface area contributed by atoms with E-state index in [1.807, 2.05) is 18.2 Å². The summed E-state index contributed by atoms with van der Waals surface area (Å²) in [7, 11) is 0. The van der Waals surface area contributed by atoms with Crippen molar-refractivity contribution >= 4 is 27.4 Å². The van der Waals surface area contributed by atoms with Crippen LogP contribution in [0.15, 0.2) is 41.5 Å². The van der Waals surface area contributed by atoms with E-state index in [2.05, 4.69) is 11.4 Å². The predicted octanol–water partition coefficient (Wildman–Crippen LogP) is 2.73. The molecular formula is C18H20O6S. The minimum atomic E-state index is -1.10. The molecule has 1 aliphatic heterocycles. The molecule has 0 bridgehead atoms. The molecule has 0 saturated heterocycles. The maximum absolute atomic E-state index is 11.4. The topological polar surface area (TPSA) is 85.2 Å². The van der Waals surface area contributed by atoms with Crippen LogP contribution in [0.1, 0.15) is 17.9 Å². The number of ether oxygens (including phenoxy) is 3. The van der Waals surface area contributed by atoms with E-state index in [-0.39, 0.29) is 31.5 Å². The second-order valence-electron chi connectivity index (χ2n) is 5.62. The van der Waals surface area contributed by atoms with Gasteiger partial charge in [-0.2, -0.15) is 0 Å². The van der Waals surface area contributed by atoms with E-state index in [9.17, 15) is 9.90 Å². The summed E-state index contributed by atoms with van der Waals surface area (Å²) in [5.41, 5.74) is 1.09. The Kier molecular flexibility index (Phi) is 6.04. The Labute approximate surface area is 149 Å². The first kappa shape index (κ1) is 17.9. The molecule has 134 valence electrons. The predicted molar refractivity (Wildman–Crippen MR) is 93.6 cm³/mol. The molecule has 1 aromatic carbocycles. The Balaban J connectivity index is 1.74. The molecule has 0 fully saturated rings. The largest absolute Gasteiger partial charge is 0.475 e. The van der Waals surface area contributed by atoms with Gasteiger partial charge in [0, 0.05) is 17.0 Å². The van der Waals surface area contributed by atoms with Crippen LogP contribution in [-0.2, 0) is 19.0 Å². The average molecular weight is 364 g/mol. The third kappa shape index (κ3) is 4.38. The van der Waals surface area contributed by atoms with Crippen molar-refractivity contribution in [1.82, 2.24) is 0 Å². The third-order valence-corrected chi connectivity index (χ3v) is 4.93. The molecule has 0 radical (unpaired) electrons. The van der Waals surface area contributed by atoms with E-state index < -0.39 is 12.3 Å². The van der Waals surface area contributed by atoms with Crippen LogP contribution in [0.3, 0.4) is 0 Å². The SMILES string of the molecule is O=C(O)C1=C[C@@H](c2csc3ccccc23)C[C@@H](OCCOCCO)O1. The number of hydrogen-bond acceptors (Lipinski definition) is 6. The lowest BCUT2D eigenvalue weighted by atomic mass is 9.92. The highest BCUT2D eigenvalue weighted by atomic mass is 32.1. The van der Waals surface area contributed by atoms with Crippen LogP contribution in [0.4, 0.5) is 0 Å². The van der Waals surface area contributed by atoms with E-state index >= 15 is 0 Å². The van der Waals surface area contributed by atoms with Gasteiger partial charge in [-0.15, -0.1) is 11.3 Å². The van der Waals surface area contributed by atoms with Gasteiger partial charge >= 0.3 is 5.97 Å². The van der Waals surface area contributed by atoms with E-state index in [4.69, 9.17) is 19.3 Å². The molecule has 2 atom stereocenters. The summed E-state index contributed by atoms with van der Waals surface area (Å²) in [6.45, 7) is 0.797. The van der Waals surface area contributed by atoms with E-state index in [1.165, 1.54) is 4.70 Å². The van der Waals surface area contributed by atoms with Gasteiger partial charge in [-0.1, -0.05) is 18.2 Å². The highest BCUT2D eigenvalue weighted by molar-refractivity contribution is 7.17. The smallest absolute Gasteiger partial charge is 0.370 e. The number of rotatable bonds is 8. The van der Waals surface area contributed by atoms with E-state index in [0.717, 1.165) is 10.9 Å². The quantitative estimate of drug-likeness (QED) is 0.701. The fraction of sp³-hybridized carbons (Fsp3) is 0.389. The number of aliphatic carboxylic acids is 1. The van der Waals surface area contributed by atoms with Gasteiger partial charge in [-0.05, 0) is 28.5 Å². The van der Waals surface area contributed by atoms with Crippen molar-refractivity contribution in [1.29, 1.82) is 0 Å². The van der Waals surface area contributed by atoms with Crippen LogP contribution >= 0.6 is 11.3 Å². The van der Waals surface area contributed by atoms with Crippen molar-refractivity contribution in [2.24, 2.45) is 0 Å². The van der Waals surface area contributed by atoms with Crippen LogP contribution in [0, 0.1) is 0 Å². The molecule has 0 amide bonds. The summed E-state index contributed by atoms with van der Waals surface area (Å²) >= 11 is 1.64. The van der Waals surface area contributed by atoms with Crippen molar-refractivity contribution < 1.29 is 29.2 Å². The summed E-state index contributed by atoms with van der Waals surface area (Å²) in [6.07, 6.45) is 1.55. The highest BCUT2D eigenvalue weighted by Crippen LogP contribution is 2.38. The lowest BCUT2D eigenvalue weighted by Crippen LogP contribution is -2.28. The molecule has 2 N–H and O–H groups in total. The molecule has 7 heteroatoms. The molecule has 6 nitrogen and oxygen atoms in total. The minimum Gasteiger partial charge on any atom is -0.475 e. The van der Waals surface area contributed by atoms with Crippen molar-refractivity contribution in [3.63, 3.8) is 0 Å². The van der Waals surface area contributed by atoms with Crippen molar-refractivity contribution in [3.8, 4) is 0 Å². The molecular weight excluding hydrogens is 344 g/mol. The standard InChI is InChI=1S/C18H20O6S/c19-5-6-22-7-8-23-17-10-12(9-15(24-17)18(20)21)14-11-25-16-4-2-1-3-13(14)16/h1-4,9,11-12,17,19H,5-8,10H2,(H,20,21)/t12-,17+/m1/s1. The van der Waals surface area contributed by atoms with E-state index in [1.54, 1.807) is 17.4 Å². The Morgan fingerprint density at radius 1 is 1.28 bits per heavy atom. The molecule has 2 heterocycles. The number of thiophene rings is 1. The molecule has 1 aliphatic rings. The zero-order chi connectivity index (χ0) is 17.6. The normalized spacial score (nSPS) is 20.3. The van der Waals surface area contributed by atoms with Crippen LogP contribution < -0.4 is 0 Å². The van der Waals surface area contributed by atoms with Crippen LogP contribution in [0.2, 0.25) is 0 Å². The molecule has 0 aliphatic carbocycles. The van der Waals surface area contributed by atoms with Crippen LogP contribution in [-0.4, -0.2) is 48.9 Å². The van der Waals surface area contributed by atoms with Gasteiger partial charge in [0.25, 0.3) is 0 Å². The Morgan fingerprint density at radius 3 is 2.92 bits per heavy atom. The number of carboxylic acids is 1. The second kappa shape index (κ2) is 8.44. The number of hydrogen-bond donors (Lipinski definition) is 2. The van der Waals surface area contributed by atoms with Gasteiger partial charge in [0.05, 0.1) is 26.4 Å². The van der Waals surface area contributed by atoms with Crippen molar-refractivity contribution in [2.75, 3.05) is 26.4 Å². The fourth-order valence-electron chi connectivity index (χ4n) is 2.82. The number of carbonyl (C=O) groups is 1. The second-order valence-corrected chi connectivity index (χ2v) is 6.53. The van der Waals surface area contributed by atoms with E-state index in [0.29, 0.717) is 13.0 Å². The van der Waals surface area contributed by atoms with Gasteiger partial charge in [0.2, 0.25) is 12.0 Å². The molecule has 25 heavy (non-hydrogen) atoms. The third-order valence-electron chi connectivity index (χ3n) is 3.95. The fourth-order valence-corrected chi connectivity index (χ4v) is 3.84. The Bertz CT molecular complexity index is 753. The lowest BCUT2D eigenvalue weighted by molar-refractivity contribution is -0.160. The molecule has 1 aromatic heterocycles. The molecule has 2 aromatic rings. The number of fused-ring (bicyclic) bond motifs is 1. The maximum Gasteiger partial charge on any atom is 0.370 e. The zero-order valence-electron chi connectivity index (χ0n) is 13.6. The van der Waals surface area contributed by atoms with Crippen molar-refractivity contribution in [2.45, 2.75) is 18.6 Å². The molecule has 3 rings (SSSR count). The van der Waals surface area contributed by atoms with Gasteiger partial charge < -0.3 is 24.4 Å². The first-order chi connectivity index (χ1) is 12.2. The molecule has 0 unspecified atom stereocenters. The molecule has 0 spiro atoms. The summed E-state index contributed by atoms with van der Waals surface area (Å²) < 4.78 is 17.4. The summed E-state index contributed by atoms with van der Waals surface area (Å²) in [4.78, 5) is 11.4. The number of allylic oxidation sites excluding steroid dienone is 1. The van der Waals surface area contributed by atoms with Crippen LogP contribution in [0.5, 0.6) is 0 Å². The Morgan fingerprint density at radius 2 is 2.12 bits per heavy atom. The number of aliphatic hydroxyl groups excluding tert-OH is 1. The number of carboxylic acid groups (broad SMARTS) is 1. The summed E-state index contributed by atoms with van der Waals surface area (Å²) in [5, 5.41) is 21.2. The number of benzene rings is 1. The zero-order valence-corrected chi connectivity index (χ0v) is 14.4. The monoisotopic (exact) mass is 364 g/mol. The highest BCUT2D eigenvalue weighted by Gasteiger charge is 2.29. The van der Waals surface area contributed by atoms with Crippen molar-refractivity contribution in [3.05, 3.63) is 47.0 Å². The Hall–Kier alpha value is -1.93. The van der Waals surface area contributed by atoms with Gasteiger partial charge in [-0.25, -0.2) is 4.79 Å². The summed E-state index contributed by atoms with van der Waals surface area (Å²) in [6, 6.07) is 8.07. The minimum absolute atomic E-state index is 0.0425. The first-order valence-corrected chi connectivity index (χ1v) is 8.95. The van der Waals surface area contributed by atoms with Gasteiger partial charge in [0.1, 0.15) is 0 Å². The first-order valence-electron chi connectivity index (χ1n) is 8.07. The van der Waals surface area contributed by atoms with Crippen LogP contribution in [0.25, 0.3) is 10.1 Å². The summed E-state index contributed by atoms with van der Waals surface area (Å²) in [5.74, 6) is -1.28. The van der Waals surface area contributed by atoms with Gasteiger partial charge in [-0.3, -0.25) is 0 Å². The molecule has 0 saturated carbocycles. The van der Waals surface area contributed by atoms with Gasteiger partial charge in [0.15, 0.2) is 0 Å². The number of aliphatic hydroxyl groups is 1. The lowest BCUT2D eigenvalue weighted by Gasteiger charge is -2.28. The maximum atomic E-state index is 11.4.